The number of hydrogen-bond acceptors (Lipinski definition) is 3. The van der Waals surface area contributed by atoms with Crippen LogP contribution in [0.1, 0.15) is 53.5 Å². The monoisotopic (exact) mass is 391 g/mol. The molecule has 0 bridgehead atoms. The second-order valence-electron chi connectivity index (χ2n) is 7.24. The second-order valence-corrected chi connectivity index (χ2v) is 7.24. The van der Waals surface area contributed by atoms with Gasteiger partial charge in [-0.1, -0.05) is 25.1 Å². The van der Waals surface area contributed by atoms with Crippen LogP contribution in [0.25, 0.3) is 0 Å². The molecule has 2 heterocycles. The van der Waals surface area contributed by atoms with Crippen molar-refractivity contribution in [3.8, 4) is 0 Å². The van der Waals surface area contributed by atoms with E-state index < -0.39 is 11.7 Å². The van der Waals surface area contributed by atoms with Crippen LogP contribution in [0.15, 0.2) is 36.7 Å². The number of rotatable bonds is 5. The quantitative estimate of drug-likeness (QED) is 0.752. The molecule has 1 atom stereocenters. The van der Waals surface area contributed by atoms with E-state index >= 15 is 0 Å². The molecule has 4 nitrogen and oxygen atoms in total. The zero-order valence-corrected chi connectivity index (χ0v) is 15.9. The zero-order chi connectivity index (χ0) is 20.1. The summed E-state index contributed by atoms with van der Waals surface area (Å²) in [6.07, 6.45) is 2.75. The molecule has 0 radical (unpaired) electrons. The number of carbonyl (C=O) groups excluding carboxylic acids is 1. The van der Waals surface area contributed by atoms with Crippen LogP contribution >= 0.6 is 0 Å². The predicted octanol–water partition coefficient (Wildman–Crippen LogP) is 4.54. The van der Waals surface area contributed by atoms with Gasteiger partial charge in [-0.15, -0.1) is 0 Å². The highest BCUT2D eigenvalue weighted by Crippen LogP contribution is 2.30. The number of likely N-dealkylation sites (tertiary alicyclic amines) is 1. The minimum absolute atomic E-state index is 0.0774. The van der Waals surface area contributed by atoms with Crippen LogP contribution in [0.5, 0.6) is 0 Å². The third kappa shape index (κ3) is 5.09. The molecule has 1 aliphatic heterocycles. The van der Waals surface area contributed by atoms with Gasteiger partial charge in [-0.05, 0) is 43.2 Å². The number of nitrogens with zero attached hydrogens (tertiary/aromatic N) is 3. The Morgan fingerprint density at radius 3 is 2.68 bits per heavy atom. The standard InChI is InChI=1S/C21H24F3N3O/c1-2-19-25-12-17(13-26-19)20(28)27-10-4-6-16(14-27)9-8-15-5-3-7-18(11-15)21(22,23)24/h3,5,7,11-13,16H,2,4,6,8-10,14H2,1H3/t16-/m1/s1. The van der Waals surface area contributed by atoms with Crippen molar-refractivity contribution in [2.75, 3.05) is 13.1 Å². The summed E-state index contributed by atoms with van der Waals surface area (Å²) in [5.74, 6) is 0.906. The molecular weight excluding hydrogens is 367 g/mol. The summed E-state index contributed by atoms with van der Waals surface area (Å²) < 4.78 is 38.6. The number of alkyl halides is 3. The molecule has 1 saturated heterocycles. The van der Waals surface area contributed by atoms with E-state index in [-0.39, 0.29) is 11.8 Å². The Bertz CT molecular complexity index is 805. The van der Waals surface area contributed by atoms with E-state index in [1.165, 1.54) is 12.1 Å². The highest BCUT2D eigenvalue weighted by atomic mass is 19.4. The normalized spacial score (nSPS) is 17.6. The number of aryl methyl sites for hydroxylation is 2. The van der Waals surface area contributed by atoms with Gasteiger partial charge in [-0.25, -0.2) is 9.97 Å². The van der Waals surface area contributed by atoms with Crippen LogP contribution in [-0.2, 0) is 19.0 Å². The van der Waals surface area contributed by atoms with Gasteiger partial charge in [0.2, 0.25) is 0 Å². The second kappa shape index (κ2) is 8.71. The van der Waals surface area contributed by atoms with E-state index in [0.29, 0.717) is 36.5 Å². The molecule has 1 fully saturated rings. The number of piperidine rings is 1. The Kier molecular flexibility index (Phi) is 6.31. The van der Waals surface area contributed by atoms with E-state index in [2.05, 4.69) is 9.97 Å². The van der Waals surface area contributed by atoms with Crippen molar-refractivity contribution in [2.45, 2.75) is 45.2 Å². The first-order chi connectivity index (χ1) is 13.4. The largest absolute Gasteiger partial charge is 0.416 e. The van der Waals surface area contributed by atoms with Crippen molar-refractivity contribution < 1.29 is 18.0 Å². The molecule has 1 aliphatic rings. The van der Waals surface area contributed by atoms with Crippen LogP contribution in [0.4, 0.5) is 13.2 Å². The van der Waals surface area contributed by atoms with Gasteiger partial charge in [0.25, 0.3) is 5.91 Å². The van der Waals surface area contributed by atoms with E-state index in [9.17, 15) is 18.0 Å². The van der Waals surface area contributed by atoms with E-state index in [0.717, 1.165) is 31.7 Å². The highest BCUT2D eigenvalue weighted by molar-refractivity contribution is 5.93. The van der Waals surface area contributed by atoms with Crippen molar-refractivity contribution in [1.82, 2.24) is 14.9 Å². The van der Waals surface area contributed by atoms with Crippen LogP contribution in [-0.4, -0.2) is 33.9 Å². The zero-order valence-electron chi connectivity index (χ0n) is 15.9. The minimum atomic E-state index is -4.32. The number of carbonyl (C=O) groups is 1. The van der Waals surface area contributed by atoms with Crippen LogP contribution in [0.2, 0.25) is 0 Å². The summed E-state index contributed by atoms with van der Waals surface area (Å²) in [5, 5.41) is 0. The Labute approximate surface area is 162 Å². The number of amides is 1. The fraction of sp³-hybridized carbons (Fsp3) is 0.476. The Morgan fingerprint density at radius 1 is 1.25 bits per heavy atom. The first kappa shape index (κ1) is 20.3. The summed E-state index contributed by atoms with van der Waals surface area (Å²) >= 11 is 0. The maximum absolute atomic E-state index is 12.9. The Hall–Kier alpha value is -2.44. The van der Waals surface area contributed by atoms with Gasteiger partial charge in [-0.3, -0.25) is 4.79 Å². The van der Waals surface area contributed by atoms with Gasteiger partial charge < -0.3 is 4.90 Å². The lowest BCUT2D eigenvalue weighted by Crippen LogP contribution is -2.40. The van der Waals surface area contributed by atoms with E-state index in [1.807, 2.05) is 11.8 Å². The van der Waals surface area contributed by atoms with Crippen molar-refractivity contribution in [1.29, 1.82) is 0 Å². The van der Waals surface area contributed by atoms with Crippen LogP contribution < -0.4 is 0 Å². The maximum Gasteiger partial charge on any atom is 0.416 e. The first-order valence-corrected chi connectivity index (χ1v) is 9.63. The predicted molar refractivity (Wildman–Crippen MR) is 99.8 cm³/mol. The highest BCUT2D eigenvalue weighted by Gasteiger charge is 2.30. The molecule has 28 heavy (non-hydrogen) atoms. The Morgan fingerprint density at radius 2 is 2.00 bits per heavy atom. The molecule has 1 aromatic carbocycles. The molecule has 1 amide bonds. The van der Waals surface area contributed by atoms with Gasteiger partial charge in [0.05, 0.1) is 11.1 Å². The van der Waals surface area contributed by atoms with Crippen molar-refractivity contribution in [3.63, 3.8) is 0 Å². The molecule has 150 valence electrons. The molecule has 0 unspecified atom stereocenters. The molecule has 7 heteroatoms. The average Bonchev–Trinajstić information content (AvgIpc) is 2.71. The third-order valence-corrected chi connectivity index (χ3v) is 5.17. The molecule has 0 saturated carbocycles. The van der Waals surface area contributed by atoms with Gasteiger partial charge in [0.1, 0.15) is 5.82 Å². The van der Waals surface area contributed by atoms with Gasteiger partial charge in [0, 0.05) is 31.9 Å². The summed E-state index contributed by atoms with van der Waals surface area (Å²) in [5.41, 5.74) is 0.554. The lowest BCUT2D eigenvalue weighted by molar-refractivity contribution is -0.137. The van der Waals surface area contributed by atoms with Crippen LogP contribution in [0, 0.1) is 5.92 Å². The lowest BCUT2D eigenvalue weighted by Gasteiger charge is -2.33. The van der Waals surface area contributed by atoms with Gasteiger partial charge >= 0.3 is 6.18 Å². The van der Waals surface area contributed by atoms with Crippen molar-refractivity contribution >= 4 is 5.91 Å². The number of hydrogen-bond donors (Lipinski definition) is 0. The van der Waals surface area contributed by atoms with Gasteiger partial charge in [-0.2, -0.15) is 13.2 Å². The fourth-order valence-electron chi connectivity index (χ4n) is 3.59. The molecule has 0 spiro atoms. The number of halogens is 3. The summed E-state index contributed by atoms with van der Waals surface area (Å²) in [6, 6.07) is 5.50. The van der Waals surface area contributed by atoms with Crippen molar-refractivity contribution in [2.24, 2.45) is 5.92 Å². The average molecular weight is 391 g/mol. The molecule has 0 N–H and O–H groups in total. The van der Waals surface area contributed by atoms with E-state index in [1.54, 1.807) is 18.5 Å². The summed E-state index contributed by atoms with van der Waals surface area (Å²) in [7, 11) is 0. The number of benzene rings is 1. The third-order valence-electron chi connectivity index (χ3n) is 5.17. The van der Waals surface area contributed by atoms with Gasteiger partial charge in [0.15, 0.2) is 0 Å². The summed E-state index contributed by atoms with van der Waals surface area (Å²) in [4.78, 5) is 22.9. The number of aromatic nitrogens is 2. The topological polar surface area (TPSA) is 46.1 Å². The minimum Gasteiger partial charge on any atom is -0.338 e. The SMILES string of the molecule is CCc1ncc(C(=O)N2CCC[C@H](CCc3cccc(C(F)(F)F)c3)C2)cn1. The lowest BCUT2D eigenvalue weighted by atomic mass is 9.91. The van der Waals surface area contributed by atoms with E-state index in [4.69, 9.17) is 0 Å². The van der Waals surface area contributed by atoms with Crippen LogP contribution in [0.3, 0.4) is 0 Å². The molecule has 0 aliphatic carbocycles. The molecule has 3 rings (SSSR count). The fourth-order valence-corrected chi connectivity index (χ4v) is 3.59. The summed E-state index contributed by atoms with van der Waals surface area (Å²) in [6.45, 7) is 3.26. The molecule has 1 aromatic heterocycles. The maximum atomic E-state index is 12.9. The first-order valence-electron chi connectivity index (χ1n) is 9.63. The smallest absolute Gasteiger partial charge is 0.338 e. The Balaban J connectivity index is 1.58. The molecule has 2 aromatic rings. The molecular formula is C21H24F3N3O. The van der Waals surface area contributed by atoms with Crippen molar-refractivity contribution in [3.05, 3.63) is 59.2 Å².